The quantitative estimate of drug-likeness (QED) is 0.760. The van der Waals surface area contributed by atoms with Crippen LogP contribution < -0.4 is 5.32 Å². The highest BCUT2D eigenvalue weighted by Crippen LogP contribution is 2.34. The smallest absolute Gasteiger partial charge is 0.0753 e. The van der Waals surface area contributed by atoms with Gasteiger partial charge in [-0.05, 0) is 32.1 Å². The first kappa shape index (κ1) is 11.5. The molecule has 2 atom stereocenters. The van der Waals surface area contributed by atoms with Crippen LogP contribution in [0.2, 0.25) is 0 Å². The van der Waals surface area contributed by atoms with Gasteiger partial charge in [-0.1, -0.05) is 0 Å². The molecule has 0 saturated heterocycles. The van der Waals surface area contributed by atoms with E-state index in [9.17, 15) is 0 Å². The fraction of sp³-hybridized carbons (Fsp3) is 0.667. The van der Waals surface area contributed by atoms with Crippen LogP contribution >= 0.6 is 0 Å². The Bertz CT molecular complexity index is 313. The second-order valence-corrected chi connectivity index (χ2v) is 4.47. The number of aromatic nitrogens is 2. The van der Waals surface area contributed by atoms with E-state index in [1.807, 2.05) is 0 Å². The van der Waals surface area contributed by atoms with E-state index < -0.39 is 0 Å². The maximum absolute atomic E-state index is 9.03. The molecule has 1 aliphatic rings. The zero-order valence-electron chi connectivity index (χ0n) is 9.63. The predicted molar refractivity (Wildman–Crippen MR) is 61.8 cm³/mol. The lowest BCUT2D eigenvalue weighted by Crippen LogP contribution is -2.34. The van der Waals surface area contributed by atoms with Gasteiger partial charge in [-0.25, -0.2) is 0 Å². The van der Waals surface area contributed by atoms with Crippen molar-refractivity contribution in [3.63, 3.8) is 0 Å². The van der Waals surface area contributed by atoms with Crippen LogP contribution in [0.4, 0.5) is 0 Å². The van der Waals surface area contributed by atoms with Gasteiger partial charge in [-0.15, -0.1) is 0 Å². The van der Waals surface area contributed by atoms with Crippen molar-refractivity contribution in [2.45, 2.75) is 38.3 Å². The average molecular weight is 221 g/mol. The summed E-state index contributed by atoms with van der Waals surface area (Å²) in [6.07, 6.45) is 8.58. The van der Waals surface area contributed by atoms with E-state index >= 15 is 0 Å². The second-order valence-electron chi connectivity index (χ2n) is 4.47. The van der Waals surface area contributed by atoms with E-state index in [4.69, 9.17) is 5.11 Å². The summed E-state index contributed by atoms with van der Waals surface area (Å²) in [5.74, 6) is 0.742. The summed E-state index contributed by atoms with van der Waals surface area (Å²) in [6, 6.07) is 0.618. The molecule has 0 aromatic carbocycles. The van der Waals surface area contributed by atoms with Gasteiger partial charge in [0.25, 0.3) is 0 Å². The topological polar surface area (TPSA) is 58.0 Å². The largest absolute Gasteiger partial charge is 0.396 e. The van der Waals surface area contributed by atoms with Crippen LogP contribution in [0.5, 0.6) is 0 Å². The molecule has 88 valence electrons. The number of nitrogens with zero attached hydrogens (tertiary/aromatic N) is 2. The number of aliphatic hydroxyl groups is 1. The molecule has 1 aromatic rings. The number of nitrogens with one attached hydrogen (secondary N) is 1. The Hall–Kier alpha value is -1.00. The van der Waals surface area contributed by atoms with Crippen molar-refractivity contribution in [1.82, 2.24) is 15.3 Å². The molecule has 0 spiro atoms. The molecule has 2 rings (SSSR count). The molecule has 1 aromatic heterocycles. The van der Waals surface area contributed by atoms with Gasteiger partial charge in [0.1, 0.15) is 0 Å². The third-order valence-corrected chi connectivity index (χ3v) is 3.12. The van der Waals surface area contributed by atoms with Crippen LogP contribution in [-0.4, -0.2) is 27.7 Å². The van der Waals surface area contributed by atoms with Crippen LogP contribution in [0, 0.1) is 5.92 Å². The molecule has 2 unspecified atom stereocenters. The molecule has 1 heterocycles. The van der Waals surface area contributed by atoms with Gasteiger partial charge in [0.15, 0.2) is 0 Å². The lowest BCUT2D eigenvalue weighted by Gasteiger charge is -2.22. The highest BCUT2D eigenvalue weighted by atomic mass is 16.3. The van der Waals surface area contributed by atoms with Crippen LogP contribution in [-0.2, 0) is 0 Å². The fourth-order valence-electron chi connectivity index (χ4n) is 2.03. The summed E-state index contributed by atoms with van der Waals surface area (Å²) < 4.78 is 0. The SMILES string of the molecule is CC(NC(CCO)C1CC1)c1cnccn1. The van der Waals surface area contributed by atoms with E-state index in [1.54, 1.807) is 18.6 Å². The molecule has 0 aliphatic heterocycles. The van der Waals surface area contributed by atoms with E-state index in [-0.39, 0.29) is 12.6 Å². The zero-order chi connectivity index (χ0) is 11.4. The number of aliphatic hydroxyl groups excluding tert-OH is 1. The molecule has 0 radical (unpaired) electrons. The summed E-state index contributed by atoms with van der Waals surface area (Å²) in [5.41, 5.74) is 0.964. The Morgan fingerprint density at radius 1 is 1.50 bits per heavy atom. The molecule has 4 nitrogen and oxygen atoms in total. The van der Waals surface area contributed by atoms with Crippen molar-refractivity contribution in [1.29, 1.82) is 0 Å². The Labute approximate surface area is 96.1 Å². The first-order valence-corrected chi connectivity index (χ1v) is 5.94. The lowest BCUT2D eigenvalue weighted by atomic mass is 10.1. The molecule has 0 bridgehead atoms. The maximum Gasteiger partial charge on any atom is 0.0753 e. The van der Waals surface area contributed by atoms with Gasteiger partial charge in [0, 0.05) is 37.3 Å². The van der Waals surface area contributed by atoms with Crippen molar-refractivity contribution in [2.75, 3.05) is 6.61 Å². The second kappa shape index (κ2) is 5.37. The molecular formula is C12H19N3O. The lowest BCUT2D eigenvalue weighted by molar-refractivity contribution is 0.249. The maximum atomic E-state index is 9.03. The van der Waals surface area contributed by atoms with Gasteiger partial charge in [0.2, 0.25) is 0 Å². The van der Waals surface area contributed by atoms with Crippen molar-refractivity contribution >= 4 is 0 Å². The molecule has 2 N–H and O–H groups in total. The van der Waals surface area contributed by atoms with Crippen molar-refractivity contribution in [3.05, 3.63) is 24.3 Å². The first-order valence-electron chi connectivity index (χ1n) is 5.94. The summed E-state index contributed by atoms with van der Waals surface area (Å²) in [4.78, 5) is 8.35. The molecule has 0 amide bonds. The van der Waals surface area contributed by atoms with E-state index in [0.717, 1.165) is 18.0 Å². The third kappa shape index (κ3) is 3.00. The highest BCUT2D eigenvalue weighted by molar-refractivity contribution is 5.02. The number of hydrogen-bond acceptors (Lipinski definition) is 4. The van der Waals surface area contributed by atoms with Gasteiger partial charge >= 0.3 is 0 Å². The van der Waals surface area contributed by atoms with Gasteiger partial charge < -0.3 is 10.4 Å². The van der Waals surface area contributed by atoms with Crippen molar-refractivity contribution < 1.29 is 5.11 Å². The summed E-state index contributed by atoms with van der Waals surface area (Å²) in [5, 5.41) is 12.6. The Morgan fingerprint density at radius 3 is 2.88 bits per heavy atom. The van der Waals surface area contributed by atoms with Crippen LogP contribution in [0.15, 0.2) is 18.6 Å². The molecule has 1 saturated carbocycles. The van der Waals surface area contributed by atoms with Crippen molar-refractivity contribution in [2.24, 2.45) is 5.92 Å². The Morgan fingerprint density at radius 2 is 2.31 bits per heavy atom. The molecular weight excluding hydrogens is 202 g/mol. The summed E-state index contributed by atoms with van der Waals surface area (Å²) in [6.45, 7) is 2.35. The molecule has 1 aliphatic carbocycles. The predicted octanol–water partition coefficient (Wildman–Crippen LogP) is 1.29. The standard InChI is InChI=1S/C12H19N3O/c1-9(12-8-13-5-6-14-12)15-11(4-7-16)10-2-3-10/h5-6,8-11,15-16H,2-4,7H2,1H3. The summed E-state index contributed by atoms with van der Waals surface area (Å²) in [7, 11) is 0. The van der Waals surface area contributed by atoms with Crippen LogP contribution in [0.25, 0.3) is 0 Å². The zero-order valence-corrected chi connectivity index (χ0v) is 9.63. The monoisotopic (exact) mass is 221 g/mol. The fourth-order valence-corrected chi connectivity index (χ4v) is 2.03. The number of rotatable bonds is 6. The van der Waals surface area contributed by atoms with Gasteiger partial charge in [0.05, 0.1) is 5.69 Å². The minimum atomic E-state index is 0.200. The molecule has 4 heteroatoms. The minimum Gasteiger partial charge on any atom is -0.396 e. The van der Waals surface area contributed by atoms with E-state index in [0.29, 0.717) is 6.04 Å². The van der Waals surface area contributed by atoms with Gasteiger partial charge in [-0.2, -0.15) is 0 Å². The van der Waals surface area contributed by atoms with E-state index in [1.165, 1.54) is 12.8 Å². The Kier molecular flexibility index (Phi) is 3.85. The Balaban J connectivity index is 1.92. The molecule has 16 heavy (non-hydrogen) atoms. The van der Waals surface area contributed by atoms with Gasteiger partial charge in [-0.3, -0.25) is 9.97 Å². The third-order valence-electron chi connectivity index (χ3n) is 3.12. The summed E-state index contributed by atoms with van der Waals surface area (Å²) >= 11 is 0. The molecule has 1 fully saturated rings. The highest BCUT2D eigenvalue weighted by Gasteiger charge is 2.31. The average Bonchev–Trinajstić information content (AvgIpc) is 3.13. The van der Waals surface area contributed by atoms with E-state index in [2.05, 4.69) is 22.2 Å². The van der Waals surface area contributed by atoms with Crippen LogP contribution in [0.1, 0.15) is 37.9 Å². The van der Waals surface area contributed by atoms with Crippen LogP contribution in [0.3, 0.4) is 0 Å². The first-order chi connectivity index (χ1) is 7.81. The minimum absolute atomic E-state index is 0.200. The number of hydrogen-bond donors (Lipinski definition) is 2. The normalized spacial score (nSPS) is 19.4. The van der Waals surface area contributed by atoms with Crippen molar-refractivity contribution in [3.8, 4) is 0 Å².